The largest absolute Gasteiger partial charge is 0.370 e. The molecule has 0 bridgehead atoms. The number of hydrogen-bond donors (Lipinski definition) is 2. The van der Waals surface area contributed by atoms with Crippen molar-refractivity contribution in [3.05, 3.63) is 0 Å². The lowest BCUT2D eigenvalue weighted by Crippen LogP contribution is -2.24. The number of carbonyl (C=O) groups excluding carboxylic acids is 2. The van der Waals surface area contributed by atoms with E-state index in [1.54, 1.807) is 0 Å². The van der Waals surface area contributed by atoms with Gasteiger partial charge in [0, 0.05) is 19.4 Å². The van der Waals surface area contributed by atoms with Gasteiger partial charge in [0.2, 0.25) is 11.8 Å². The van der Waals surface area contributed by atoms with Crippen molar-refractivity contribution >= 4 is 11.8 Å². The Bertz CT molecular complexity index is 169. The summed E-state index contributed by atoms with van der Waals surface area (Å²) in [5.41, 5.74) is 4.96. The molecule has 0 aliphatic heterocycles. The van der Waals surface area contributed by atoms with Crippen molar-refractivity contribution < 1.29 is 9.59 Å². The van der Waals surface area contributed by atoms with Crippen molar-refractivity contribution in [2.24, 2.45) is 5.73 Å². The van der Waals surface area contributed by atoms with Gasteiger partial charge in [0.15, 0.2) is 0 Å². The van der Waals surface area contributed by atoms with Crippen LogP contribution < -0.4 is 11.1 Å². The van der Waals surface area contributed by atoms with Gasteiger partial charge in [0.1, 0.15) is 0 Å². The maximum Gasteiger partial charge on any atom is 0.219 e. The van der Waals surface area contributed by atoms with E-state index in [9.17, 15) is 9.59 Å². The van der Waals surface area contributed by atoms with Crippen molar-refractivity contribution in [2.75, 3.05) is 6.54 Å². The fourth-order valence-electron chi connectivity index (χ4n) is 0.967. The predicted molar refractivity (Wildman–Crippen MR) is 51.0 cm³/mol. The van der Waals surface area contributed by atoms with E-state index >= 15 is 0 Å². The third-order valence-corrected chi connectivity index (χ3v) is 1.65. The summed E-state index contributed by atoms with van der Waals surface area (Å²) in [6.45, 7) is 2.61. The van der Waals surface area contributed by atoms with Crippen LogP contribution in [0.5, 0.6) is 0 Å². The summed E-state index contributed by atoms with van der Waals surface area (Å²) in [5, 5.41) is 2.77. The standard InChI is InChI=1S/C9H18N2O2/c1-2-5-9(13)11-7-4-3-6-8(10)12/h2-7H2,1H3,(H2,10,12)(H,11,13). The second-order valence-electron chi connectivity index (χ2n) is 3.02. The Balaban J connectivity index is 3.16. The molecule has 0 atom stereocenters. The van der Waals surface area contributed by atoms with E-state index in [2.05, 4.69) is 5.32 Å². The van der Waals surface area contributed by atoms with Gasteiger partial charge in [0.05, 0.1) is 0 Å². The number of nitrogens with one attached hydrogen (secondary N) is 1. The van der Waals surface area contributed by atoms with Gasteiger partial charge in [-0.3, -0.25) is 9.59 Å². The minimum atomic E-state index is -0.278. The highest BCUT2D eigenvalue weighted by Crippen LogP contribution is 1.93. The van der Waals surface area contributed by atoms with E-state index in [1.165, 1.54) is 0 Å². The third-order valence-electron chi connectivity index (χ3n) is 1.65. The number of hydrogen-bond acceptors (Lipinski definition) is 2. The molecule has 3 N–H and O–H groups in total. The van der Waals surface area contributed by atoms with Gasteiger partial charge in [-0.25, -0.2) is 0 Å². The van der Waals surface area contributed by atoms with Gasteiger partial charge in [0.25, 0.3) is 0 Å². The van der Waals surface area contributed by atoms with Crippen molar-refractivity contribution in [1.29, 1.82) is 0 Å². The van der Waals surface area contributed by atoms with Gasteiger partial charge >= 0.3 is 0 Å². The van der Waals surface area contributed by atoms with Crippen LogP contribution in [0.2, 0.25) is 0 Å². The molecule has 0 radical (unpaired) electrons. The minimum Gasteiger partial charge on any atom is -0.370 e. The molecule has 0 aromatic carbocycles. The maximum absolute atomic E-state index is 10.9. The van der Waals surface area contributed by atoms with Crippen LogP contribution in [0.1, 0.15) is 39.0 Å². The van der Waals surface area contributed by atoms with Crippen molar-refractivity contribution in [3.63, 3.8) is 0 Å². The van der Waals surface area contributed by atoms with Crippen LogP contribution in [-0.4, -0.2) is 18.4 Å². The molecule has 0 aliphatic rings. The number of unbranched alkanes of at least 4 members (excludes halogenated alkanes) is 1. The Morgan fingerprint density at radius 3 is 2.46 bits per heavy atom. The molecule has 2 amide bonds. The van der Waals surface area contributed by atoms with Gasteiger partial charge in [-0.1, -0.05) is 6.92 Å². The average molecular weight is 186 g/mol. The Morgan fingerprint density at radius 1 is 1.23 bits per heavy atom. The molecule has 0 rings (SSSR count). The molecule has 76 valence electrons. The zero-order chi connectivity index (χ0) is 10.1. The summed E-state index contributed by atoms with van der Waals surface area (Å²) in [6.07, 6.45) is 3.42. The first kappa shape index (κ1) is 11.9. The first-order chi connectivity index (χ1) is 6.16. The highest BCUT2D eigenvalue weighted by molar-refractivity contribution is 5.75. The monoisotopic (exact) mass is 186 g/mol. The Kier molecular flexibility index (Phi) is 6.96. The molecular formula is C9H18N2O2. The van der Waals surface area contributed by atoms with Crippen molar-refractivity contribution in [1.82, 2.24) is 5.32 Å². The Hall–Kier alpha value is -1.06. The molecule has 0 spiro atoms. The molecule has 0 aromatic heterocycles. The number of amides is 2. The third kappa shape index (κ3) is 8.85. The molecule has 4 heteroatoms. The van der Waals surface area contributed by atoms with Crippen LogP contribution >= 0.6 is 0 Å². The van der Waals surface area contributed by atoms with Gasteiger partial charge < -0.3 is 11.1 Å². The van der Waals surface area contributed by atoms with Crippen molar-refractivity contribution in [2.45, 2.75) is 39.0 Å². The predicted octanol–water partition coefficient (Wildman–Crippen LogP) is 0.558. The van der Waals surface area contributed by atoms with E-state index in [0.717, 1.165) is 19.3 Å². The van der Waals surface area contributed by atoms with E-state index < -0.39 is 0 Å². The highest BCUT2D eigenvalue weighted by atomic mass is 16.1. The fraction of sp³-hybridized carbons (Fsp3) is 0.778. The van der Waals surface area contributed by atoms with Gasteiger partial charge in [-0.15, -0.1) is 0 Å². The minimum absolute atomic E-state index is 0.0848. The van der Waals surface area contributed by atoms with Gasteiger partial charge in [-0.05, 0) is 19.3 Å². The molecule has 13 heavy (non-hydrogen) atoms. The SMILES string of the molecule is CCCC(=O)NCCCCC(N)=O. The van der Waals surface area contributed by atoms with Crippen LogP contribution in [-0.2, 0) is 9.59 Å². The second-order valence-corrected chi connectivity index (χ2v) is 3.02. The van der Waals surface area contributed by atoms with Crippen LogP contribution in [0.3, 0.4) is 0 Å². The molecule has 0 aromatic rings. The smallest absolute Gasteiger partial charge is 0.219 e. The average Bonchev–Trinajstić information content (AvgIpc) is 2.03. The molecule has 0 fully saturated rings. The molecule has 0 unspecified atom stereocenters. The van der Waals surface area contributed by atoms with Crippen LogP contribution in [0.4, 0.5) is 0 Å². The molecule has 0 aliphatic carbocycles. The summed E-state index contributed by atoms with van der Waals surface area (Å²) >= 11 is 0. The first-order valence-electron chi connectivity index (χ1n) is 4.71. The lowest BCUT2D eigenvalue weighted by molar-refractivity contribution is -0.121. The molecule has 4 nitrogen and oxygen atoms in total. The molecular weight excluding hydrogens is 168 g/mol. The number of nitrogens with two attached hydrogens (primary N) is 1. The normalized spacial score (nSPS) is 9.62. The van der Waals surface area contributed by atoms with Gasteiger partial charge in [-0.2, -0.15) is 0 Å². The summed E-state index contributed by atoms with van der Waals surface area (Å²) < 4.78 is 0. The molecule has 0 heterocycles. The zero-order valence-corrected chi connectivity index (χ0v) is 8.14. The number of carbonyl (C=O) groups is 2. The summed E-state index contributed by atoms with van der Waals surface area (Å²) in [4.78, 5) is 21.3. The lowest BCUT2D eigenvalue weighted by Gasteiger charge is -2.02. The van der Waals surface area contributed by atoms with E-state index in [4.69, 9.17) is 5.73 Å². The van der Waals surface area contributed by atoms with Crippen LogP contribution in [0.15, 0.2) is 0 Å². The maximum atomic E-state index is 10.9. The first-order valence-corrected chi connectivity index (χ1v) is 4.71. The summed E-state index contributed by atoms with van der Waals surface area (Å²) in [7, 11) is 0. The fourth-order valence-corrected chi connectivity index (χ4v) is 0.967. The van der Waals surface area contributed by atoms with E-state index in [-0.39, 0.29) is 11.8 Å². The zero-order valence-electron chi connectivity index (χ0n) is 8.14. The van der Waals surface area contributed by atoms with E-state index in [0.29, 0.717) is 19.4 Å². The Labute approximate surface area is 78.9 Å². The number of rotatable bonds is 7. The quantitative estimate of drug-likeness (QED) is 0.570. The topological polar surface area (TPSA) is 72.2 Å². The van der Waals surface area contributed by atoms with Crippen molar-refractivity contribution in [3.8, 4) is 0 Å². The lowest BCUT2D eigenvalue weighted by atomic mass is 10.2. The summed E-state index contributed by atoms with van der Waals surface area (Å²) in [6, 6.07) is 0. The Morgan fingerprint density at radius 2 is 1.92 bits per heavy atom. The molecule has 0 saturated heterocycles. The van der Waals surface area contributed by atoms with Crippen LogP contribution in [0.25, 0.3) is 0 Å². The molecule has 0 saturated carbocycles. The second kappa shape index (κ2) is 7.58. The van der Waals surface area contributed by atoms with E-state index in [1.807, 2.05) is 6.92 Å². The van der Waals surface area contributed by atoms with Crippen LogP contribution in [0, 0.1) is 0 Å². The highest BCUT2D eigenvalue weighted by Gasteiger charge is 1.98. The number of primary amides is 1. The summed E-state index contributed by atoms with van der Waals surface area (Å²) in [5.74, 6) is -0.193.